The largest absolute Gasteiger partial charge is 0.384 e. The minimum absolute atomic E-state index is 0. The van der Waals surface area contributed by atoms with E-state index in [2.05, 4.69) is 5.73 Å². The molecule has 0 fully saturated rings. The lowest BCUT2D eigenvalue weighted by Crippen LogP contribution is -2.19. The fourth-order valence-corrected chi connectivity index (χ4v) is 0.841. The summed E-state index contributed by atoms with van der Waals surface area (Å²) in [7, 11) is 0. The Labute approximate surface area is 86.8 Å². The van der Waals surface area contributed by atoms with E-state index in [1.807, 2.05) is 0 Å². The molecule has 84 valence electrons. The second-order valence-corrected chi connectivity index (χ2v) is 2.36. The van der Waals surface area contributed by atoms with Crippen molar-refractivity contribution in [2.24, 2.45) is 5.73 Å². The van der Waals surface area contributed by atoms with Crippen molar-refractivity contribution in [3.8, 4) is 0 Å². The molecule has 8 heteroatoms. The molecule has 0 spiro atoms. The third-order valence-electron chi connectivity index (χ3n) is 1.48. The lowest BCUT2D eigenvalue weighted by molar-refractivity contribution is 0.377. The molecule has 0 unspecified atom stereocenters. The Hall–Kier alpha value is -1.37. The Balaban J connectivity index is 0.00000196. The monoisotopic (exact) mass is 246 g/mol. The van der Waals surface area contributed by atoms with Gasteiger partial charge in [0.2, 0.25) is 5.82 Å². The van der Waals surface area contributed by atoms with E-state index in [1.165, 1.54) is 0 Å². The van der Waals surface area contributed by atoms with Crippen LogP contribution in [0.5, 0.6) is 0 Å². The van der Waals surface area contributed by atoms with Gasteiger partial charge in [0.25, 0.3) is 0 Å². The fourth-order valence-electron chi connectivity index (χ4n) is 0.841. The van der Waals surface area contributed by atoms with E-state index in [0.29, 0.717) is 0 Å². The number of rotatable bonds is 1. The van der Waals surface area contributed by atoms with Gasteiger partial charge >= 0.3 is 0 Å². The van der Waals surface area contributed by atoms with Gasteiger partial charge in [0, 0.05) is 0 Å². The molecule has 0 bridgehead atoms. The molecule has 0 amide bonds. The van der Waals surface area contributed by atoms with Crippen LogP contribution in [0, 0.1) is 34.5 Å². The van der Waals surface area contributed by atoms with Crippen LogP contribution in [0.15, 0.2) is 0 Å². The summed E-state index contributed by atoms with van der Waals surface area (Å²) in [5.74, 6) is -11.9. The first-order chi connectivity index (χ1) is 6.37. The smallest absolute Gasteiger partial charge is 0.200 e. The molecule has 2 nitrogen and oxygen atoms in total. The van der Waals surface area contributed by atoms with Gasteiger partial charge < -0.3 is 5.73 Å². The first-order valence-electron chi connectivity index (χ1n) is 3.23. The Morgan fingerprint density at radius 2 is 1.07 bits per heavy atom. The second kappa shape index (κ2) is 4.43. The van der Waals surface area contributed by atoms with Gasteiger partial charge in [-0.15, -0.1) is 12.4 Å². The molecular formula is C7H4ClF5N2. The summed E-state index contributed by atoms with van der Waals surface area (Å²) in [6.45, 7) is 0. The molecule has 0 aliphatic rings. The second-order valence-electron chi connectivity index (χ2n) is 2.36. The van der Waals surface area contributed by atoms with Gasteiger partial charge in [0.05, 0.1) is 5.56 Å². The predicted molar refractivity (Wildman–Crippen MR) is 44.5 cm³/mol. The highest BCUT2D eigenvalue weighted by molar-refractivity contribution is 5.95. The van der Waals surface area contributed by atoms with E-state index in [-0.39, 0.29) is 12.4 Å². The Morgan fingerprint density at radius 1 is 0.800 bits per heavy atom. The minimum atomic E-state index is -2.27. The van der Waals surface area contributed by atoms with Gasteiger partial charge in [-0.3, -0.25) is 5.41 Å². The molecule has 1 aromatic carbocycles. The molecule has 0 atom stereocenters. The average molecular weight is 247 g/mol. The predicted octanol–water partition coefficient (Wildman–Crippen LogP) is 2.09. The van der Waals surface area contributed by atoms with Crippen molar-refractivity contribution in [2.45, 2.75) is 0 Å². The Morgan fingerprint density at radius 3 is 1.33 bits per heavy atom. The fraction of sp³-hybridized carbons (Fsp3) is 0. The van der Waals surface area contributed by atoms with Gasteiger partial charge in [-0.1, -0.05) is 0 Å². The van der Waals surface area contributed by atoms with E-state index in [0.717, 1.165) is 0 Å². The van der Waals surface area contributed by atoms with Gasteiger partial charge in [-0.25, -0.2) is 22.0 Å². The van der Waals surface area contributed by atoms with Crippen LogP contribution in [-0.4, -0.2) is 5.84 Å². The van der Waals surface area contributed by atoms with Crippen molar-refractivity contribution in [1.29, 1.82) is 5.41 Å². The molecule has 0 saturated heterocycles. The Bertz CT molecular complexity index is 391. The Kier molecular flexibility index (Phi) is 4.03. The quantitative estimate of drug-likeness (QED) is 0.257. The standard InChI is InChI=1S/C7H3F5N2.ClH/c8-2-1(7(13)14)3(9)5(11)6(12)4(2)10;/h(H3,13,14);1H. The molecule has 1 aromatic rings. The van der Waals surface area contributed by atoms with E-state index in [9.17, 15) is 22.0 Å². The third kappa shape index (κ3) is 2.01. The molecule has 15 heavy (non-hydrogen) atoms. The number of hydrogen-bond acceptors (Lipinski definition) is 1. The number of amidine groups is 1. The molecule has 0 radical (unpaired) electrons. The highest BCUT2D eigenvalue weighted by Crippen LogP contribution is 2.22. The van der Waals surface area contributed by atoms with Crippen molar-refractivity contribution in [2.75, 3.05) is 0 Å². The van der Waals surface area contributed by atoms with Crippen molar-refractivity contribution in [1.82, 2.24) is 0 Å². The van der Waals surface area contributed by atoms with E-state index in [1.54, 1.807) is 0 Å². The van der Waals surface area contributed by atoms with Crippen molar-refractivity contribution >= 4 is 18.2 Å². The highest BCUT2D eigenvalue weighted by atomic mass is 35.5. The van der Waals surface area contributed by atoms with Crippen LogP contribution in [0.4, 0.5) is 22.0 Å². The topological polar surface area (TPSA) is 49.9 Å². The van der Waals surface area contributed by atoms with E-state index < -0.39 is 40.5 Å². The van der Waals surface area contributed by atoms with Crippen LogP contribution in [0.25, 0.3) is 0 Å². The van der Waals surface area contributed by atoms with Crippen LogP contribution in [0.3, 0.4) is 0 Å². The number of halogens is 6. The van der Waals surface area contributed by atoms with E-state index >= 15 is 0 Å². The summed E-state index contributed by atoms with van der Waals surface area (Å²) >= 11 is 0. The number of nitrogen functional groups attached to an aromatic ring is 1. The summed E-state index contributed by atoms with van der Waals surface area (Å²) in [5.41, 5.74) is 3.24. The summed E-state index contributed by atoms with van der Waals surface area (Å²) in [5, 5.41) is 6.62. The maximum atomic E-state index is 12.7. The van der Waals surface area contributed by atoms with Crippen molar-refractivity contribution in [3.05, 3.63) is 34.6 Å². The molecule has 0 aromatic heterocycles. The minimum Gasteiger partial charge on any atom is -0.384 e. The third-order valence-corrected chi connectivity index (χ3v) is 1.48. The summed E-state index contributed by atoms with van der Waals surface area (Å²) in [6, 6.07) is 0. The first-order valence-corrected chi connectivity index (χ1v) is 3.23. The van der Waals surface area contributed by atoms with Crippen LogP contribution in [-0.2, 0) is 0 Å². The first kappa shape index (κ1) is 13.6. The molecular weight excluding hydrogens is 243 g/mol. The molecule has 0 aliphatic carbocycles. The van der Waals surface area contributed by atoms with Crippen molar-refractivity contribution in [3.63, 3.8) is 0 Å². The lowest BCUT2D eigenvalue weighted by Gasteiger charge is -2.05. The molecule has 1 rings (SSSR count). The summed E-state index contributed by atoms with van der Waals surface area (Å²) in [4.78, 5) is 0. The number of nitrogens with one attached hydrogen (secondary N) is 1. The zero-order chi connectivity index (χ0) is 11.0. The summed E-state index contributed by atoms with van der Waals surface area (Å²) in [6.07, 6.45) is 0. The van der Waals surface area contributed by atoms with Gasteiger partial charge in [-0.05, 0) is 0 Å². The van der Waals surface area contributed by atoms with Gasteiger partial charge in [-0.2, -0.15) is 0 Å². The molecule has 0 aliphatic heterocycles. The SMILES string of the molecule is Cl.N=C(N)c1c(F)c(F)c(F)c(F)c1F. The lowest BCUT2D eigenvalue weighted by atomic mass is 10.1. The highest BCUT2D eigenvalue weighted by Gasteiger charge is 2.26. The van der Waals surface area contributed by atoms with Crippen LogP contribution in [0.1, 0.15) is 5.56 Å². The average Bonchev–Trinajstić information content (AvgIpc) is 2.11. The van der Waals surface area contributed by atoms with Gasteiger partial charge in [0.15, 0.2) is 23.3 Å². The zero-order valence-electron chi connectivity index (χ0n) is 6.88. The summed E-state index contributed by atoms with van der Waals surface area (Å²) < 4.78 is 62.7. The molecule has 0 saturated carbocycles. The zero-order valence-corrected chi connectivity index (χ0v) is 7.69. The van der Waals surface area contributed by atoms with Gasteiger partial charge in [0.1, 0.15) is 5.84 Å². The van der Waals surface area contributed by atoms with Crippen LogP contribution >= 0.6 is 12.4 Å². The molecule has 3 N–H and O–H groups in total. The number of nitrogens with two attached hydrogens (primary N) is 1. The molecule has 0 heterocycles. The van der Waals surface area contributed by atoms with Crippen LogP contribution < -0.4 is 5.73 Å². The van der Waals surface area contributed by atoms with Crippen molar-refractivity contribution < 1.29 is 22.0 Å². The maximum absolute atomic E-state index is 12.7. The maximum Gasteiger partial charge on any atom is 0.200 e. The number of hydrogen-bond donors (Lipinski definition) is 2. The van der Waals surface area contributed by atoms with Crippen LogP contribution in [0.2, 0.25) is 0 Å². The normalized spacial score (nSPS) is 9.67. The van der Waals surface area contributed by atoms with E-state index in [4.69, 9.17) is 5.41 Å². The number of benzene rings is 1.